The van der Waals surface area contributed by atoms with E-state index in [4.69, 9.17) is 50.8 Å². The van der Waals surface area contributed by atoms with Gasteiger partial charge in [-0.1, -0.05) is 12.2 Å². The summed E-state index contributed by atoms with van der Waals surface area (Å²) in [4.78, 5) is 45.5. The number of rotatable bonds is 2. The maximum absolute atomic E-state index is 16.0. The number of hydrogen-bond acceptors (Lipinski definition) is 16. The Bertz CT molecular complexity index is 1950. The van der Waals surface area contributed by atoms with Crippen molar-refractivity contribution >= 4 is 71.7 Å². The van der Waals surface area contributed by atoms with E-state index in [2.05, 4.69) is 42.2 Å². The van der Waals surface area contributed by atoms with E-state index in [1.54, 1.807) is 0 Å². The van der Waals surface area contributed by atoms with Crippen molar-refractivity contribution in [2.75, 3.05) is 24.7 Å². The van der Waals surface area contributed by atoms with Gasteiger partial charge >= 0.3 is 13.5 Å². The molecule has 2 bridgehead atoms. The standard InChI is InChI=1S/C20H22F2N10O9P2S2/c21-8-6-1-36-42(34,44)40-12-7(39-18(9(12)22)31-4-27-10-14(23)25-3-26-15(10)31)2-37-43(35,45)41-13(8)19(38-6)32-5-28-11-16(32)29-20(24)30-17(11)33/h3-9,12-13,18-19H,1-2H2,(H,34,44)(H,35,45)(H2,23,25,26)(H3,24,29,30,33)/t6-,7-,8?,9+,12?,13+,18-,19-,42?,43?/m1/s1. The lowest BCUT2D eigenvalue weighted by Gasteiger charge is -2.26. The van der Waals surface area contributed by atoms with Gasteiger partial charge in [0.05, 0.1) is 25.9 Å². The molecule has 6 N–H and O–H groups in total. The predicted molar refractivity (Wildman–Crippen MR) is 155 cm³/mol. The third-order valence-electron chi connectivity index (χ3n) is 7.23. The zero-order chi connectivity index (χ0) is 31.8. The molecule has 25 heteroatoms. The fourth-order valence-electron chi connectivity index (χ4n) is 5.23. The molecule has 0 aromatic carbocycles. The molecule has 4 aromatic heterocycles. The zero-order valence-corrected chi connectivity index (χ0v) is 25.8. The molecule has 3 aliphatic heterocycles. The first-order valence-corrected chi connectivity index (χ1v) is 18.2. The molecule has 0 aliphatic carbocycles. The summed E-state index contributed by atoms with van der Waals surface area (Å²) in [6.45, 7) is -10.2. The molecular weight excluding hydrogens is 688 g/mol. The van der Waals surface area contributed by atoms with Crippen LogP contribution in [0.4, 0.5) is 20.5 Å². The molecule has 0 saturated carbocycles. The van der Waals surface area contributed by atoms with Gasteiger partial charge in [-0.25, -0.2) is 33.3 Å². The Balaban J connectivity index is 1.21. The monoisotopic (exact) mass is 710 g/mol. The number of anilines is 2. The number of aromatic nitrogens is 8. The fraction of sp³-hybridized carbons (Fsp3) is 0.500. The lowest BCUT2D eigenvalue weighted by molar-refractivity contribution is -0.0578. The van der Waals surface area contributed by atoms with E-state index < -0.39 is 81.5 Å². The van der Waals surface area contributed by atoms with Crippen LogP contribution in [0.25, 0.3) is 22.3 Å². The Morgan fingerprint density at radius 1 is 0.956 bits per heavy atom. The quantitative estimate of drug-likeness (QED) is 0.142. The van der Waals surface area contributed by atoms with E-state index in [9.17, 15) is 14.3 Å². The average Bonchev–Trinajstić information content (AvgIpc) is 3.72. The molecule has 0 radical (unpaired) electrons. The van der Waals surface area contributed by atoms with E-state index in [1.807, 2.05) is 0 Å². The van der Waals surface area contributed by atoms with E-state index in [0.717, 1.165) is 17.2 Å². The largest absolute Gasteiger partial charge is 0.386 e. The van der Waals surface area contributed by atoms with Crippen molar-refractivity contribution in [3.63, 3.8) is 0 Å². The molecule has 7 rings (SSSR count). The summed E-state index contributed by atoms with van der Waals surface area (Å²) in [5.41, 5.74) is 10.9. The maximum atomic E-state index is 16.0. The van der Waals surface area contributed by atoms with Crippen LogP contribution in [0.3, 0.4) is 0 Å². The molecule has 10 atom stereocenters. The van der Waals surface area contributed by atoms with Crippen LogP contribution < -0.4 is 17.0 Å². The van der Waals surface area contributed by atoms with Gasteiger partial charge in [0.2, 0.25) is 5.95 Å². The molecule has 3 saturated heterocycles. The van der Waals surface area contributed by atoms with Gasteiger partial charge < -0.3 is 30.4 Å². The Kier molecular flexibility index (Phi) is 7.72. The maximum Gasteiger partial charge on any atom is 0.386 e. The third-order valence-corrected chi connectivity index (χ3v) is 10.4. The minimum absolute atomic E-state index is 0.0396. The summed E-state index contributed by atoms with van der Waals surface area (Å²) in [5, 5.41) is 0. The number of H-pyrrole nitrogens is 1. The van der Waals surface area contributed by atoms with Crippen LogP contribution in [0.2, 0.25) is 0 Å². The number of ether oxygens (including phenoxy) is 2. The first kappa shape index (κ1) is 30.9. The van der Waals surface area contributed by atoms with Crippen LogP contribution in [-0.2, 0) is 43.9 Å². The number of alkyl halides is 2. The van der Waals surface area contributed by atoms with Crippen molar-refractivity contribution in [2.24, 2.45) is 0 Å². The zero-order valence-electron chi connectivity index (χ0n) is 22.3. The lowest BCUT2D eigenvalue weighted by Crippen LogP contribution is -2.34. The van der Waals surface area contributed by atoms with E-state index in [-0.39, 0.29) is 34.1 Å². The van der Waals surface area contributed by atoms with E-state index >= 15 is 8.78 Å². The fourth-order valence-corrected chi connectivity index (χ4v) is 8.12. The second-order valence-corrected chi connectivity index (χ2v) is 15.7. The molecule has 3 aliphatic rings. The van der Waals surface area contributed by atoms with Gasteiger partial charge in [0, 0.05) is 0 Å². The van der Waals surface area contributed by atoms with Gasteiger partial charge in [-0.05, 0) is 11.8 Å². The highest BCUT2D eigenvalue weighted by molar-refractivity contribution is 8.44. The lowest BCUT2D eigenvalue weighted by atomic mass is 10.1. The molecule has 45 heavy (non-hydrogen) atoms. The van der Waals surface area contributed by atoms with E-state index in [0.29, 0.717) is 0 Å². The molecule has 4 aromatic rings. The number of halogens is 2. The highest BCUT2D eigenvalue weighted by Crippen LogP contribution is 2.59. The molecule has 4 unspecified atom stereocenters. The van der Waals surface area contributed by atoms with E-state index in [1.165, 1.54) is 10.9 Å². The molecule has 0 amide bonds. The van der Waals surface area contributed by atoms with Crippen molar-refractivity contribution in [3.05, 3.63) is 29.3 Å². The molecule has 0 spiro atoms. The third kappa shape index (κ3) is 5.54. The van der Waals surface area contributed by atoms with Crippen LogP contribution in [0.5, 0.6) is 0 Å². The summed E-state index contributed by atoms with van der Waals surface area (Å²) in [7, 11) is 0. The van der Waals surface area contributed by atoms with Gasteiger partial charge in [-0.3, -0.25) is 32.5 Å². The SMILES string of the molecule is Nc1nc2c(ncn2[C@@H]2O[C@@H]3COP(O)(=S)OC4[C@@H](COP(=O)(S)O[C@H]2C3F)O[C@@H](n2cnc3c(N)ncnc32)[C@H]4F)c(=O)[nH]1. The normalized spacial score (nSPS) is 37.7. The Labute approximate surface area is 259 Å². The number of imidazole rings is 2. The number of nitrogens with two attached hydrogens (primary N) is 2. The Morgan fingerprint density at radius 3 is 2.42 bits per heavy atom. The van der Waals surface area contributed by atoms with Gasteiger partial charge in [-0.15, -0.1) is 0 Å². The first-order valence-electron chi connectivity index (χ1n) is 12.9. The molecule has 7 heterocycles. The topological polar surface area (TPSA) is 252 Å². The average molecular weight is 711 g/mol. The van der Waals surface area contributed by atoms with Crippen molar-refractivity contribution in [1.29, 1.82) is 0 Å². The summed E-state index contributed by atoms with van der Waals surface area (Å²) >= 11 is 9.11. The van der Waals surface area contributed by atoms with Gasteiger partial charge in [-0.2, -0.15) is 4.98 Å². The van der Waals surface area contributed by atoms with Crippen LogP contribution in [0.1, 0.15) is 12.5 Å². The van der Waals surface area contributed by atoms with Crippen LogP contribution in [0, 0.1) is 0 Å². The first-order chi connectivity index (χ1) is 21.3. The van der Waals surface area contributed by atoms with Gasteiger partial charge in [0.25, 0.3) is 5.56 Å². The molecule has 3 fully saturated rings. The van der Waals surface area contributed by atoms with Crippen molar-refractivity contribution in [1.82, 2.24) is 39.0 Å². The summed E-state index contributed by atoms with van der Waals surface area (Å²) in [5.74, 6) is -0.224. The predicted octanol–water partition coefficient (Wildman–Crippen LogP) is 0.667. The Hall–Kier alpha value is -2.69. The van der Waals surface area contributed by atoms with Crippen LogP contribution in [-0.4, -0.2) is 93.9 Å². The second-order valence-electron chi connectivity index (χ2n) is 10.0. The smallest absolute Gasteiger partial charge is 0.382 e. The second kappa shape index (κ2) is 11.2. The van der Waals surface area contributed by atoms with Gasteiger partial charge in [0.1, 0.15) is 36.3 Å². The number of nitrogen functional groups attached to an aromatic ring is 2. The highest BCUT2D eigenvalue weighted by Gasteiger charge is 2.54. The number of fused-ring (bicyclic) bond motifs is 5. The number of nitrogens with zero attached hydrogens (tertiary/aromatic N) is 7. The summed E-state index contributed by atoms with van der Waals surface area (Å²) in [6, 6.07) is 0. The minimum Gasteiger partial charge on any atom is -0.382 e. The summed E-state index contributed by atoms with van der Waals surface area (Å²) < 4.78 is 81.1. The van der Waals surface area contributed by atoms with Crippen molar-refractivity contribution in [3.8, 4) is 0 Å². The van der Waals surface area contributed by atoms with Crippen LogP contribution >= 0.6 is 25.8 Å². The number of aromatic amines is 1. The van der Waals surface area contributed by atoms with Crippen molar-refractivity contribution in [2.45, 2.75) is 49.2 Å². The molecular formula is C20H22F2N10O9P2S2. The van der Waals surface area contributed by atoms with Gasteiger partial charge in [0.15, 0.2) is 47.4 Å². The highest BCUT2D eigenvalue weighted by atomic mass is 32.7. The minimum atomic E-state index is -4.49. The number of hydrogen-bond donors (Lipinski definition) is 5. The molecule has 242 valence electrons. The van der Waals surface area contributed by atoms with Crippen LogP contribution in [0.15, 0.2) is 23.8 Å². The number of nitrogens with one attached hydrogen (secondary N) is 1. The Morgan fingerprint density at radius 2 is 1.64 bits per heavy atom. The number of thiol groups is 1. The van der Waals surface area contributed by atoms with Crippen molar-refractivity contribution < 1.29 is 45.8 Å². The molecule has 19 nitrogen and oxygen atoms in total. The summed E-state index contributed by atoms with van der Waals surface area (Å²) in [6.07, 6.45) is -9.83.